The molecule has 0 fully saturated rings. The van der Waals surface area contributed by atoms with Crippen LogP contribution in [0.3, 0.4) is 0 Å². The second kappa shape index (κ2) is 6.54. The van der Waals surface area contributed by atoms with Gasteiger partial charge in [-0.25, -0.2) is 13.1 Å². The highest BCUT2D eigenvalue weighted by Crippen LogP contribution is 2.05. The molecule has 0 aliphatic rings. The second-order valence-corrected chi connectivity index (χ2v) is 7.30. The second-order valence-electron chi connectivity index (χ2n) is 5.55. The fourth-order valence-electron chi connectivity index (χ4n) is 2.11. The van der Waals surface area contributed by atoms with Gasteiger partial charge in [0.15, 0.2) is 0 Å². The average Bonchev–Trinajstić information content (AvgIpc) is 2.62. The molecule has 1 rings (SSSR count). The third-order valence-corrected chi connectivity index (χ3v) is 3.65. The predicted molar refractivity (Wildman–Crippen MR) is 78.5 cm³/mol. The van der Waals surface area contributed by atoms with Crippen LogP contribution in [0.1, 0.15) is 32.9 Å². The molecule has 5 nitrogen and oxygen atoms in total. The van der Waals surface area contributed by atoms with Gasteiger partial charge in [-0.1, -0.05) is 6.92 Å². The molecule has 0 saturated carbocycles. The Morgan fingerprint density at radius 3 is 2.63 bits per heavy atom. The smallest absolute Gasteiger partial charge is 0.209 e. The van der Waals surface area contributed by atoms with Gasteiger partial charge in [0.05, 0.1) is 6.26 Å². The Bertz CT molecular complexity index is 492. The Labute approximate surface area is 116 Å². The molecule has 0 amide bonds. The molecule has 0 aliphatic carbocycles. The van der Waals surface area contributed by atoms with E-state index in [9.17, 15) is 8.42 Å². The van der Waals surface area contributed by atoms with Gasteiger partial charge >= 0.3 is 0 Å². The highest BCUT2D eigenvalue weighted by Gasteiger charge is 2.21. The molecule has 0 atom stereocenters. The molecule has 1 aromatic heterocycles. The van der Waals surface area contributed by atoms with Gasteiger partial charge in [0.25, 0.3) is 0 Å². The predicted octanol–water partition coefficient (Wildman–Crippen LogP) is 1.32. The van der Waals surface area contributed by atoms with Crippen LogP contribution in [0, 0.1) is 0 Å². The molecule has 1 heterocycles. The van der Waals surface area contributed by atoms with Crippen molar-refractivity contribution in [2.24, 2.45) is 0 Å². The molecule has 0 aromatic carbocycles. The van der Waals surface area contributed by atoms with Crippen molar-refractivity contribution in [3.63, 3.8) is 0 Å². The lowest BCUT2D eigenvalue weighted by molar-refractivity contribution is 0.417. The Hall–Kier alpha value is -0.850. The first-order chi connectivity index (χ1) is 8.73. The van der Waals surface area contributed by atoms with Crippen LogP contribution in [0.2, 0.25) is 0 Å². The number of nitrogens with one attached hydrogen (secondary N) is 2. The maximum absolute atomic E-state index is 11.2. The Morgan fingerprint density at radius 2 is 2.05 bits per heavy atom. The Morgan fingerprint density at radius 1 is 1.37 bits per heavy atom. The van der Waals surface area contributed by atoms with Gasteiger partial charge in [-0.3, -0.25) is 0 Å². The average molecular weight is 287 g/mol. The van der Waals surface area contributed by atoms with E-state index in [4.69, 9.17) is 0 Å². The van der Waals surface area contributed by atoms with Crippen molar-refractivity contribution >= 4 is 10.0 Å². The molecule has 0 radical (unpaired) electrons. The summed E-state index contributed by atoms with van der Waals surface area (Å²) in [5.74, 6) is 0. The summed E-state index contributed by atoms with van der Waals surface area (Å²) in [7, 11) is -3.18. The summed E-state index contributed by atoms with van der Waals surface area (Å²) < 4.78 is 27.3. The summed E-state index contributed by atoms with van der Waals surface area (Å²) in [5.41, 5.74) is 0.729. The highest BCUT2D eigenvalue weighted by molar-refractivity contribution is 7.88. The molecule has 6 heteroatoms. The summed E-state index contributed by atoms with van der Waals surface area (Å²) in [5, 5.41) is 3.30. The third-order valence-electron chi connectivity index (χ3n) is 2.72. The topological polar surface area (TPSA) is 63.1 Å². The molecule has 19 heavy (non-hydrogen) atoms. The van der Waals surface area contributed by atoms with Gasteiger partial charge in [0, 0.05) is 37.1 Å². The van der Waals surface area contributed by atoms with Crippen molar-refractivity contribution in [2.75, 3.05) is 12.8 Å². The SMILES string of the molecule is CCCn1cccc1CNCC(C)(C)NS(C)(=O)=O. The van der Waals surface area contributed by atoms with E-state index in [1.807, 2.05) is 19.9 Å². The zero-order valence-electron chi connectivity index (χ0n) is 12.2. The van der Waals surface area contributed by atoms with Crippen LogP contribution in [0.15, 0.2) is 18.3 Å². The molecule has 0 saturated heterocycles. The molecule has 2 N–H and O–H groups in total. The number of aryl methyl sites for hydroxylation is 1. The molecule has 0 spiro atoms. The first kappa shape index (κ1) is 16.2. The normalized spacial score (nSPS) is 12.8. The lowest BCUT2D eigenvalue weighted by atomic mass is 10.1. The summed E-state index contributed by atoms with van der Waals surface area (Å²) in [6.07, 6.45) is 4.35. The monoisotopic (exact) mass is 287 g/mol. The minimum Gasteiger partial charge on any atom is -0.350 e. The van der Waals surface area contributed by atoms with E-state index in [1.54, 1.807) is 0 Å². The Balaban J connectivity index is 2.47. The Kier molecular flexibility index (Phi) is 5.58. The minimum absolute atomic E-state index is 0.490. The number of aromatic nitrogens is 1. The fraction of sp³-hybridized carbons (Fsp3) is 0.692. The molecule has 110 valence electrons. The van der Waals surface area contributed by atoms with Crippen molar-refractivity contribution < 1.29 is 8.42 Å². The first-order valence-corrected chi connectivity index (χ1v) is 8.46. The zero-order chi connectivity index (χ0) is 14.5. The first-order valence-electron chi connectivity index (χ1n) is 6.57. The maximum Gasteiger partial charge on any atom is 0.209 e. The van der Waals surface area contributed by atoms with E-state index in [0.717, 1.165) is 19.5 Å². The molecule has 0 bridgehead atoms. The van der Waals surface area contributed by atoms with E-state index in [2.05, 4.69) is 33.8 Å². The summed E-state index contributed by atoms with van der Waals surface area (Å²) in [6.45, 7) is 8.21. The van der Waals surface area contributed by atoms with Crippen LogP contribution in [-0.2, 0) is 23.1 Å². The quantitative estimate of drug-likeness (QED) is 0.758. The number of hydrogen-bond acceptors (Lipinski definition) is 3. The summed E-state index contributed by atoms with van der Waals surface area (Å²) in [6, 6.07) is 4.12. The largest absolute Gasteiger partial charge is 0.350 e. The maximum atomic E-state index is 11.2. The number of hydrogen-bond donors (Lipinski definition) is 2. The van der Waals surface area contributed by atoms with E-state index < -0.39 is 15.6 Å². The standard InChI is InChI=1S/C13H25N3O2S/c1-5-8-16-9-6-7-12(16)10-14-11-13(2,3)15-19(4,17)18/h6-7,9,14-15H,5,8,10-11H2,1-4H3. The lowest BCUT2D eigenvalue weighted by Crippen LogP contribution is -2.49. The van der Waals surface area contributed by atoms with E-state index in [1.165, 1.54) is 11.9 Å². The van der Waals surface area contributed by atoms with Gasteiger partial charge in [0.1, 0.15) is 0 Å². The molecule has 0 aliphatic heterocycles. The van der Waals surface area contributed by atoms with Crippen molar-refractivity contribution in [3.05, 3.63) is 24.0 Å². The van der Waals surface area contributed by atoms with Gasteiger partial charge in [0.2, 0.25) is 10.0 Å². The van der Waals surface area contributed by atoms with Crippen LogP contribution in [0.4, 0.5) is 0 Å². The van der Waals surface area contributed by atoms with Gasteiger partial charge in [-0.05, 0) is 32.4 Å². The van der Waals surface area contributed by atoms with Gasteiger partial charge < -0.3 is 9.88 Å². The minimum atomic E-state index is -3.18. The van der Waals surface area contributed by atoms with Crippen molar-refractivity contribution in [1.82, 2.24) is 14.6 Å². The number of rotatable bonds is 8. The molecule has 0 unspecified atom stereocenters. The highest BCUT2D eigenvalue weighted by atomic mass is 32.2. The molecule has 1 aromatic rings. The van der Waals surface area contributed by atoms with Crippen molar-refractivity contribution in [3.8, 4) is 0 Å². The van der Waals surface area contributed by atoms with Crippen molar-refractivity contribution in [2.45, 2.75) is 45.8 Å². The molecular formula is C13H25N3O2S. The van der Waals surface area contributed by atoms with E-state index in [0.29, 0.717) is 6.54 Å². The van der Waals surface area contributed by atoms with Crippen LogP contribution in [-0.4, -0.2) is 31.3 Å². The lowest BCUT2D eigenvalue weighted by Gasteiger charge is -2.25. The van der Waals surface area contributed by atoms with Crippen molar-refractivity contribution in [1.29, 1.82) is 0 Å². The fourth-order valence-corrected chi connectivity index (χ4v) is 3.19. The molecular weight excluding hydrogens is 262 g/mol. The van der Waals surface area contributed by atoms with Crippen LogP contribution in [0.5, 0.6) is 0 Å². The van der Waals surface area contributed by atoms with Gasteiger partial charge in [-0.2, -0.15) is 0 Å². The number of sulfonamides is 1. The third kappa shape index (κ3) is 6.22. The summed E-state index contributed by atoms with van der Waals surface area (Å²) in [4.78, 5) is 0. The zero-order valence-corrected chi connectivity index (χ0v) is 13.0. The van der Waals surface area contributed by atoms with E-state index >= 15 is 0 Å². The van der Waals surface area contributed by atoms with Crippen LogP contribution < -0.4 is 10.0 Å². The van der Waals surface area contributed by atoms with Crippen LogP contribution >= 0.6 is 0 Å². The van der Waals surface area contributed by atoms with E-state index in [-0.39, 0.29) is 0 Å². The number of nitrogens with zero attached hydrogens (tertiary/aromatic N) is 1. The van der Waals surface area contributed by atoms with Crippen LogP contribution in [0.25, 0.3) is 0 Å². The summed E-state index contributed by atoms with van der Waals surface area (Å²) >= 11 is 0. The van der Waals surface area contributed by atoms with Gasteiger partial charge in [-0.15, -0.1) is 0 Å².